The van der Waals surface area contributed by atoms with E-state index in [1.54, 1.807) is 7.11 Å². The standard InChI is InChI=1S/C10H19N3O2S/c1-4-13(6-7-15-5-2)10-8(14-3)9(11)12-16-10/h4-7H2,1-3H3,(H2,11,12). The second-order valence-corrected chi connectivity index (χ2v) is 3.93. The van der Waals surface area contributed by atoms with Crippen molar-refractivity contribution in [2.24, 2.45) is 0 Å². The number of ether oxygens (including phenoxy) is 2. The van der Waals surface area contributed by atoms with Gasteiger partial charge in [-0.25, -0.2) is 0 Å². The van der Waals surface area contributed by atoms with E-state index in [9.17, 15) is 0 Å². The van der Waals surface area contributed by atoms with E-state index in [1.165, 1.54) is 11.5 Å². The predicted octanol–water partition coefficient (Wildman–Crippen LogP) is 1.60. The molecule has 0 saturated carbocycles. The van der Waals surface area contributed by atoms with Crippen LogP contribution in [0.5, 0.6) is 5.75 Å². The number of nitrogen functional groups attached to an aromatic ring is 1. The van der Waals surface area contributed by atoms with Gasteiger partial charge in [-0.1, -0.05) is 0 Å². The molecule has 0 aliphatic rings. The van der Waals surface area contributed by atoms with Crippen LogP contribution in [0.1, 0.15) is 13.8 Å². The van der Waals surface area contributed by atoms with Gasteiger partial charge in [-0.2, -0.15) is 4.37 Å². The van der Waals surface area contributed by atoms with E-state index in [4.69, 9.17) is 15.2 Å². The van der Waals surface area contributed by atoms with E-state index in [0.29, 0.717) is 18.2 Å². The zero-order valence-electron chi connectivity index (χ0n) is 10.0. The van der Waals surface area contributed by atoms with Gasteiger partial charge in [-0.05, 0) is 25.4 Å². The van der Waals surface area contributed by atoms with Crippen molar-refractivity contribution in [3.05, 3.63) is 0 Å². The third-order valence-corrected chi connectivity index (χ3v) is 3.14. The predicted molar refractivity (Wildman–Crippen MR) is 67.5 cm³/mol. The molecule has 2 N–H and O–H groups in total. The molecule has 1 rings (SSSR count). The van der Waals surface area contributed by atoms with Crippen molar-refractivity contribution in [2.45, 2.75) is 13.8 Å². The number of hydrogen-bond donors (Lipinski definition) is 1. The highest BCUT2D eigenvalue weighted by atomic mass is 32.1. The van der Waals surface area contributed by atoms with Gasteiger partial charge in [0.05, 0.1) is 13.7 Å². The molecule has 0 aliphatic carbocycles. The van der Waals surface area contributed by atoms with Crippen LogP contribution in [-0.2, 0) is 4.74 Å². The lowest BCUT2D eigenvalue weighted by atomic mass is 10.4. The first-order valence-electron chi connectivity index (χ1n) is 5.36. The van der Waals surface area contributed by atoms with E-state index in [-0.39, 0.29) is 0 Å². The highest BCUT2D eigenvalue weighted by Gasteiger charge is 2.17. The Morgan fingerprint density at radius 2 is 2.19 bits per heavy atom. The summed E-state index contributed by atoms with van der Waals surface area (Å²) in [6.07, 6.45) is 0. The topological polar surface area (TPSA) is 60.6 Å². The smallest absolute Gasteiger partial charge is 0.197 e. The summed E-state index contributed by atoms with van der Waals surface area (Å²) in [4.78, 5) is 2.16. The second-order valence-electron chi connectivity index (χ2n) is 3.18. The van der Waals surface area contributed by atoms with Crippen molar-refractivity contribution in [2.75, 3.05) is 44.0 Å². The molecule has 0 unspecified atom stereocenters. The van der Waals surface area contributed by atoms with Crippen molar-refractivity contribution in [1.82, 2.24) is 4.37 Å². The van der Waals surface area contributed by atoms with Crippen LogP contribution in [0.2, 0.25) is 0 Å². The van der Waals surface area contributed by atoms with Gasteiger partial charge in [0.15, 0.2) is 16.6 Å². The number of nitrogens with two attached hydrogens (primary N) is 1. The zero-order valence-corrected chi connectivity index (χ0v) is 10.8. The minimum atomic E-state index is 0.456. The minimum absolute atomic E-state index is 0.456. The van der Waals surface area contributed by atoms with Crippen molar-refractivity contribution in [1.29, 1.82) is 0 Å². The lowest BCUT2D eigenvalue weighted by molar-refractivity contribution is 0.154. The summed E-state index contributed by atoms with van der Waals surface area (Å²) in [6.45, 7) is 7.21. The van der Waals surface area contributed by atoms with Gasteiger partial charge in [0.25, 0.3) is 0 Å². The van der Waals surface area contributed by atoms with Gasteiger partial charge in [-0.3, -0.25) is 0 Å². The molecule has 0 radical (unpaired) electrons. The Morgan fingerprint density at radius 3 is 2.75 bits per heavy atom. The largest absolute Gasteiger partial charge is 0.490 e. The van der Waals surface area contributed by atoms with Crippen LogP contribution in [0, 0.1) is 0 Å². The Bertz CT molecular complexity index is 317. The van der Waals surface area contributed by atoms with E-state index < -0.39 is 0 Å². The summed E-state index contributed by atoms with van der Waals surface area (Å²) < 4.78 is 14.7. The average molecular weight is 245 g/mol. The lowest BCUT2D eigenvalue weighted by Crippen LogP contribution is -2.26. The molecule has 5 nitrogen and oxygen atoms in total. The maximum absolute atomic E-state index is 5.72. The Balaban J connectivity index is 2.70. The summed E-state index contributed by atoms with van der Waals surface area (Å²) >= 11 is 1.36. The van der Waals surface area contributed by atoms with Crippen molar-refractivity contribution in [3.63, 3.8) is 0 Å². The second kappa shape index (κ2) is 6.55. The lowest BCUT2D eigenvalue weighted by Gasteiger charge is -2.21. The quantitative estimate of drug-likeness (QED) is 0.739. The fraction of sp³-hybridized carbons (Fsp3) is 0.700. The molecular formula is C10H19N3O2S. The third-order valence-electron chi connectivity index (χ3n) is 2.24. The van der Waals surface area contributed by atoms with Crippen LogP contribution in [-0.4, -0.2) is 37.8 Å². The average Bonchev–Trinajstić information content (AvgIpc) is 2.66. The fourth-order valence-corrected chi connectivity index (χ4v) is 2.27. The summed E-state index contributed by atoms with van der Waals surface area (Å²) in [6, 6.07) is 0. The fourth-order valence-electron chi connectivity index (χ4n) is 1.40. The molecule has 0 saturated heterocycles. The van der Waals surface area contributed by atoms with Gasteiger partial charge in [0.1, 0.15) is 0 Å². The molecule has 1 heterocycles. The van der Waals surface area contributed by atoms with Crippen molar-refractivity contribution in [3.8, 4) is 5.75 Å². The van der Waals surface area contributed by atoms with Crippen LogP contribution in [0.4, 0.5) is 10.8 Å². The highest BCUT2D eigenvalue weighted by Crippen LogP contribution is 2.37. The number of aromatic nitrogens is 1. The molecule has 16 heavy (non-hydrogen) atoms. The summed E-state index contributed by atoms with van der Waals surface area (Å²) in [5.41, 5.74) is 5.72. The SMILES string of the molecule is CCOCCN(CC)c1snc(N)c1OC. The molecule has 6 heteroatoms. The third kappa shape index (κ3) is 2.99. The monoisotopic (exact) mass is 245 g/mol. The number of likely N-dealkylation sites (N-methyl/N-ethyl adjacent to an activating group) is 1. The Morgan fingerprint density at radius 1 is 1.44 bits per heavy atom. The number of methoxy groups -OCH3 is 1. The Labute approximate surface area is 100 Å². The first-order chi connectivity index (χ1) is 7.74. The van der Waals surface area contributed by atoms with Gasteiger partial charge in [0.2, 0.25) is 0 Å². The van der Waals surface area contributed by atoms with E-state index in [2.05, 4.69) is 16.2 Å². The van der Waals surface area contributed by atoms with Gasteiger partial charge < -0.3 is 20.1 Å². The maximum atomic E-state index is 5.72. The first-order valence-corrected chi connectivity index (χ1v) is 6.13. The van der Waals surface area contributed by atoms with E-state index in [1.807, 2.05) is 6.92 Å². The van der Waals surface area contributed by atoms with E-state index in [0.717, 1.165) is 24.7 Å². The molecule has 1 aromatic heterocycles. The van der Waals surface area contributed by atoms with Gasteiger partial charge in [-0.15, -0.1) is 0 Å². The molecule has 0 aliphatic heterocycles. The van der Waals surface area contributed by atoms with Gasteiger partial charge >= 0.3 is 0 Å². The van der Waals surface area contributed by atoms with E-state index >= 15 is 0 Å². The number of rotatable bonds is 7. The number of hydrogen-bond acceptors (Lipinski definition) is 6. The molecule has 0 amide bonds. The van der Waals surface area contributed by atoms with Crippen LogP contribution < -0.4 is 15.4 Å². The Hall–Kier alpha value is -1.01. The molecule has 0 atom stereocenters. The van der Waals surface area contributed by atoms with Crippen LogP contribution in [0.3, 0.4) is 0 Å². The molecule has 0 bridgehead atoms. The van der Waals surface area contributed by atoms with Crippen LogP contribution >= 0.6 is 11.5 Å². The van der Waals surface area contributed by atoms with Crippen LogP contribution in [0.15, 0.2) is 0 Å². The van der Waals surface area contributed by atoms with Gasteiger partial charge in [0, 0.05) is 19.7 Å². The summed E-state index contributed by atoms with van der Waals surface area (Å²) in [5.74, 6) is 1.13. The van der Waals surface area contributed by atoms with Crippen molar-refractivity contribution >= 4 is 22.4 Å². The number of anilines is 2. The minimum Gasteiger partial charge on any atom is -0.490 e. The summed E-state index contributed by atoms with van der Waals surface area (Å²) in [7, 11) is 1.61. The van der Waals surface area contributed by atoms with Crippen LogP contribution in [0.25, 0.3) is 0 Å². The molecule has 0 fully saturated rings. The molecule has 1 aromatic rings. The molecule has 0 aromatic carbocycles. The molecular weight excluding hydrogens is 226 g/mol. The summed E-state index contributed by atoms with van der Waals surface area (Å²) in [5, 5.41) is 0.974. The first kappa shape index (κ1) is 13.1. The molecule has 92 valence electrons. The maximum Gasteiger partial charge on any atom is 0.197 e. The number of nitrogens with zero attached hydrogens (tertiary/aromatic N) is 2. The zero-order chi connectivity index (χ0) is 12.0. The molecule has 0 spiro atoms. The highest BCUT2D eigenvalue weighted by molar-refractivity contribution is 7.11. The van der Waals surface area contributed by atoms with Crippen molar-refractivity contribution < 1.29 is 9.47 Å². The normalized spacial score (nSPS) is 10.4. The Kier molecular flexibility index (Phi) is 5.34.